The Morgan fingerprint density at radius 2 is 0.902 bits per heavy atom. The molecule has 2 aliphatic rings. The Kier molecular flexibility index (Phi) is 10.3. The largest absolute Gasteiger partial charge is 0.354 e. The van der Waals surface area contributed by atoms with Gasteiger partial charge in [0.2, 0.25) is 0 Å². The van der Waals surface area contributed by atoms with Gasteiger partial charge in [-0.2, -0.15) is 0 Å². The summed E-state index contributed by atoms with van der Waals surface area (Å²) in [6.07, 6.45) is 7.40. The molecule has 4 aromatic carbocycles. The summed E-state index contributed by atoms with van der Waals surface area (Å²) < 4.78 is 0. The monoisotopic (exact) mass is 810 g/mol. The molecule has 2 aromatic heterocycles. The molecule has 298 valence electrons. The Bertz CT molecular complexity index is 3100. The number of allylic oxidation sites excluding steroid dienone is 3. The number of benzene rings is 4. The van der Waals surface area contributed by atoms with Crippen molar-refractivity contribution in [3.63, 3.8) is 0 Å². The van der Waals surface area contributed by atoms with Crippen LogP contribution in [-0.4, -0.2) is 47.6 Å². The molecule has 0 atom stereocenters. The van der Waals surface area contributed by atoms with E-state index in [1.807, 2.05) is 42.5 Å². The van der Waals surface area contributed by atoms with Crippen LogP contribution in [0.15, 0.2) is 168 Å². The fourth-order valence-corrected chi connectivity index (χ4v) is 7.09. The standard InChI is InChI=1S/C45H30N8O8/c1-27(28-4-12-32(13-5-28)50(54)55)36-20-21-39(47-36)44(30-8-16-34(17-9-30)52(58)59)40-24-25-42(49-40)45(31-10-18-35(19-11-31)53(60)61)41-23-22-38(48-41)43(37-3-2-26-46-37)29-6-14-33(15-7-29)51(56)57/h2-25,47-48H,1,26H2/b43-38-,44-40-,45-41-. The highest BCUT2D eigenvalue weighted by molar-refractivity contribution is 6.31. The van der Waals surface area contributed by atoms with Crippen LogP contribution in [0.25, 0.3) is 22.3 Å². The molecule has 16 heteroatoms. The maximum atomic E-state index is 11.6. The average molecular weight is 811 g/mol. The van der Waals surface area contributed by atoms with E-state index in [1.54, 1.807) is 54.6 Å². The van der Waals surface area contributed by atoms with E-state index in [2.05, 4.69) is 21.5 Å². The second-order valence-corrected chi connectivity index (χ2v) is 13.7. The minimum absolute atomic E-state index is 0.0547. The molecule has 0 amide bonds. The van der Waals surface area contributed by atoms with Crippen LogP contribution < -0.4 is 10.7 Å². The molecule has 0 bridgehead atoms. The number of hydrogen-bond donors (Lipinski definition) is 2. The van der Waals surface area contributed by atoms with Gasteiger partial charge in [-0.3, -0.25) is 45.4 Å². The summed E-state index contributed by atoms with van der Waals surface area (Å²) in [6, 6.07) is 31.7. The van der Waals surface area contributed by atoms with E-state index in [4.69, 9.17) is 4.99 Å². The van der Waals surface area contributed by atoms with E-state index in [9.17, 15) is 40.5 Å². The fraction of sp³-hybridized carbons (Fsp3) is 0.0222. The molecule has 0 saturated heterocycles. The van der Waals surface area contributed by atoms with Crippen LogP contribution in [-0.2, 0) is 0 Å². The summed E-state index contributed by atoms with van der Waals surface area (Å²) in [4.78, 5) is 60.6. The van der Waals surface area contributed by atoms with E-state index in [-0.39, 0.29) is 22.7 Å². The van der Waals surface area contributed by atoms with Gasteiger partial charge in [0, 0.05) is 87.3 Å². The summed E-state index contributed by atoms with van der Waals surface area (Å²) >= 11 is 0. The molecule has 16 nitrogen and oxygen atoms in total. The smallest absolute Gasteiger partial charge is 0.269 e. The van der Waals surface area contributed by atoms with Gasteiger partial charge in [0.15, 0.2) is 0 Å². The van der Waals surface area contributed by atoms with Crippen molar-refractivity contribution in [2.75, 3.05) is 6.54 Å². The van der Waals surface area contributed by atoms with Crippen molar-refractivity contribution in [2.45, 2.75) is 0 Å². The average Bonchev–Trinajstić information content (AvgIpc) is 4.12. The molecule has 0 unspecified atom stereocenters. The van der Waals surface area contributed by atoms with Crippen molar-refractivity contribution in [1.29, 1.82) is 0 Å². The Hall–Kier alpha value is -8.92. The topological polar surface area (TPSA) is 229 Å². The second kappa shape index (κ2) is 16.1. The summed E-state index contributed by atoms with van der Waals surface area (Å²) in [7, 11) is 0. The highest BCUT2D eigenvalue weighted by Gasteiger charge is 2.22. The van der Waals surface area contributed by atoms with Crippen molar-refractivity contribution in [1.82, 2.24) is 9.97 Å². The third-order valence-corrected chi connectivity index (χ3v) is 10.1. The SMILES string of the molecule is C=C(c1ccc([N+](=O)[O-])cc1)c1ccc(/C(=C2/C=CC(C(/c3ccc([N+](=O)[O-])cc3)=c3/cc/c(=C(/C4=NCC=C4)c4ccc([N+](=O)[O-])cc4)[nH]3)=N2)c2ccc([N+](=O)[O-])cc2)[nH]1. The number of hydrogen-bond acceptors (Lipinski definition) is 10. The minimum atomic E-state index is -0.487. The van der Waals surface area contributed by atoms with Crippen LogP contribution in [0.2, 0.25) is 0 Å². The molecule has 8 rings (SSSR count). The number of aromatic amines is 2. The Labute approximate surface area is 344 Å². The summed E-state index contributed by atoms with van der Waals surface area (Å²) in [6.45, 7) is 4.68. The molecule has 0 aliphatic carbocycles. The van der Waals surface area contributed by atoms with E-state index in [0.29, 0.717) is 90.3 Å². The van der Waals surface area contributed by atoms with Gasteiger partial charge in [-0.25, -0.2) is 4.99 Å². The first kappa shape index (κ1) is 38.9. The van der Waals surface area contributed by atoms with Gasteiger partial charge in [-0.15, -0.1) is 0 Å². The number of nitro benzene ring substituents is 4. The first-order chi connectivity index (χ1) is 29.4. The summed E-state index contributed by atoms with van der Waals surface area (Å²) in [5, 5.41) is 47.2. The molecule has 0 spiro atoms. The van der Waals surface area contributed by atoms with E-state index < -0.39 is 19.7 Å². The second-order valence-electron chi connectivity index (χ2n) is 13.7. The molecule has 2 aliphatic heterocycles. The Morgan fingerprint density at radius 3 is 1.34 bits per heavy atom. The van der Waals surface area contributed by atoms with Gasteiger partial charge in [0.05, 0.1) is 43.4 Å². The minimum Gasteiger partial charge on any atom is -0.354 e. The van der Waals surface area contributed by atoms with Crippen LogP contribution in [0.5, 0.6) is 0 Å². The molecule has 6 aromatic rings. The number of rotatable bonds is 12. The Morgan fingerprint density at radius 1 is 0.475 bits per heavy atom. The molecule has 61 heavy (non-hydrogen) atoms. The third kappa shape index (κ3) is 7.86. The fourth-order valence-electron chi connectivity index (χ4n) is 7.09. The molecular formula is C45H30N8O8. The lowest BCUT2D eigenvalue weighted by molar-refractivity contribution is -0.385. The molecular weight excluding hydrogens is 781 g/mol. The Balaban J connectivity index is 1.31. The number of aliphatic imine (C=N–C) groups is 2. The molecule has 0 fully saturated rings. The first-order valence-electron chi connectivity index (χ1n) is 18.5. The van der Waals surface area contributed by atoms with Crippen LogP contribution in [0.1, 0.15) is 33.6 Å². The highest BCUT2D eigenvalue weighted by atomic mass is 16.6. The van der Waals surface area contributed by atoms with E-state index >= 15 is 0 Å². The maximum Gasteiger partial charge on any atom is 0.269 e. The van der Waals surface area contributed by atoms with Gasteiger partial charge < -0.3 is 9.97 Å². The van der Waals surface area contributed by atoms with Crippen molar-refractivity contribution < 1.29 is 19.7 Å². The van der Waals surface area contributed by atoms with Crippen LogP contribution >= 0.6 is 0 Å². The van der Waals surface area contributed by atoms with Crippen LogP contribution in [0.4, 0.5) is 22.7 Å². The van der Waals surface area contributed by atoms with Crippen LogP contribution in [0, 0.1) is 40.5 Å². The lowest BCUT2D eigenvalue weighted by Crippen LogP contribution is -2.21. The quantitative estimate of drug-likeness (QED) is 0.0909. The van der Waals surface area contributed by atoms with Crippen molar-refractivity contribution in [2.24, 2.45) is 9.98 Å². The number of aromatic nitrogens is 2. The maximum absolute atomic E-state index is 11.6. The predicted octanol–water partition coefficient (Wildman–Crippen LogP) is 7.92. The lowest BCUT2D eigenvalue weighted by Gasteiger charge is -2.10. The molecule has 0 saturated carbocycles. The van der Waals surface area contributed by atoms with Gasteiger partial charge in [-0.05, 0) is 119 Å². The molecule has 0 radical (unpaired) electrons. The molecule has 2 N–H and O–H groups in total. The predicted molar refractivity (Wildman–Crippen MR) is 230 cm³/mol. The number of non-ortho nitro benzene ring substituents is 4. The summed E-state index contributed by atoms with van der Waals surface area (Å²) in [5.41, 5.74) is 7.61. The highest BCUT2D eigenvalue weighted by Crippen LogP contribution is 2.34. The number of nitro groups is 4. The molecule has 4 heterocycles. The van der Waals surface area contributed by atoms with Crippen molar-refractivity contribution in [3.8, 4) is 0 Å². The number of nitrogens with one attached hydrogen (secondary N) is 2. The van der Waals surface area contributed by atoms with Crippen molar-refractivity contribution in [3.05, 3.63) is 243 Å². The van der Waals surface area contributed by atoms with Gasteiger partial charge in [-0.1, -0.05) is 12.7 Å². The zero-order valence-corrected chi connectivity index (χ0v) is 31.7. The van der Waals surface area contributed by atoms with Crippen molar-refractivity contribution >= 4 is 56.5 Å². The number of nitrogens with zero attached hydrogens (tertiary/aromatic N) is 6. The van der Waals surface area contributed by atoms with Gasteiger partial charge in [0.1, 0.15) is 0 Å². The zero-order chi connectivity index (χ0) is 42.8. The first-order valence-corrected chi connectivity index (χ1v) is 18.5. The lowest BCUT2D eigenvalue weighted by atomic mass is 10.00. The number of H-pyrrole nitrogens is 2. The zero-order valence-electron chi connectivity index (χ0n) is 31.7. The van der Waals surface area contributed by atoms with Gasteiger partial charge in [0.25, 0.3) is 22.7 Å². The van der Waals surface area contributed by atoms with E-state index in [1.165, 1.54) is 48.5 Å². The van der Waals surface area contributed by atoms with Crippen LogP contribution in [0.3, 0.4) is 0 Å². The van der Waals surface area contributed by atoms with E-state index in [0.717, 1.165) is 0 Å². The van der Waals surface area contributed by atoms with Gasteiger partial charge >= 0.3 is 0 Å². The summed E-state index contributed by atoms with van der Waals surface area (Å²) in [5.74, 6) is 0. The normalized spacial score (nSPS) is 14.9. The third-order valence-electron chi connectivity index (χ3n) is 10.1.